The van der Waals surface area contributed by atoms with E-state index in [4.69, 9.17) is 14.2 Å². The first kappa shape index (κ1) is 9.34. The molecule has 3 nitrogen and oxygen atoms in total. The second-order valence-corrected chi connectivity index (χ2v) is 3.32. The third kappa shape index (κ3) is 1.55. The van der Waals surface area contributed by atoms with Crippen LogP contribution in [-0.4, -0.2) is 20.8 Å². The van der Waals surface area contributed by atoms with Gasteiger partial charge < -0.3 is 14.2 Å². The van der Waals surface area contributed by atoms with Gasteiger partial charge in [0.15, 0.2) is 11.5 Å². The van der Waals surface area contributed by atoms with Crippen LogP contribution in [0.5, 0.6) is 11.5 Å². The first-order valence-electron chi connectivity index (χ1n) is 4.66. The first-order chi connectivity index (χ1) is 6.85. The van der Waals surface area contributed by atoms with E-state index in [1.807, 2.05) is 6.07 Å². The Balaban J connectivity index is 2.39. The molecule has 0 unspecified atom stereocenters. The lowest BCUT2D eigenvalue weighted by molar-refractivity contribution is 0.184. The molecule has 2 rings (SSSR count). The largest absolute Gasteiger partial charge is 0.493 e. The lowest BCUT2D eigenvalue weighted by Gasteiger charge is -2.09. The van der Waals surface area contributed by atoms with Gasteiger partial charge in [-0.3, -0.25) is 0 Å². The Morgan fingerprint density at radius 1 is 1.36 bits per heavy atom. The number of fused-ring (bicyclic) bond motifs is 1. The average Bonchev–Trinajstić information content (AvgIpc) is 2.65. The number of ether oxygens (including phenoxy) is 3. The summed E-state index contributed by atoms with van der Waals surface area (Å²) in [5, 5.41) is 0. The maximum Gasteiger partial charge on any atom is 0.164 e. The minimum absolute atomic E-state index is 0.615. The predicted molar refractivity (Wildman–Crippen MR) is 52.9 cm³/mol. The topological polar surface area (TPSA) is 27.7 Å². The van der Waals surface area contributed by atoms with Crippen LogP contribution in [0.2, 0.25) is 0 Å². The summed E-state index contributed by atoms with van der Waals surface area (Å²) in [5.41, 5.74) is 2.35. The average molecular weight is 194 g/mol. The summed E-state index contributed by atoms with van der Waals surface area (Å²) in [4.78, 5) is 0. The molecule has 0 aliphatic carbocycles. The molecule has 1 aromatic carbocycles. The molecular formula is C11H14O3. The van der Waals surface area contributed by atoms with Crippen LogP contribution < -0.4 is 9.47 Å². The highest BCUT2D eigenvalue weighted by Gasteiger charge is 2.18. The zero-order valence-electron chi connectivity index (χ0n) is 8.50. The summed E-state index contributed by atoms with van der Waals surface area (Å²) in [6, 6.07) is 4.09. The Morgan fingerprint density at radius 2 is 2.21 bits per heavy atom. The fraction of sp³-hybridized carbons (Fsp3) is 0.455. The van der Waals surface area contributed by atoms with Crippen LogP contribution in [0.15, 0.2) is 12.1 Å². The smallest absolute Gasteiger partial charge is 0.164 e. The molecule has 1 aliphatic heterocycles. The van der Waals surface area contributed by atoms with Crippen molar-refractivity contribution in [2.45, 2.75) is 13.0 Å². The number of hydrogen-bond donors (Lipinski definition) is 0. The van der Waals surface area contributed by atoms with Crippen molar-refractivity contribution in [1.29, 1.82) is 0 Å². The van der Waals surface area contributed by atoms with Crippen LogP contribution in [0.3, 0.4) is 0 Å². The molecule has 0 spiro atoms. The van der Waals surface area contributed by atoms with Gasteiger partial charge in [-0.1, -0.05) is 0 Å². The SMILES string of the molecule is COCc1cc2c(c(OC)c1)OCC2. The van der Waals surface area contributed by atoms with Crippen LogP contribution in [0.1, 0.15) is 11.1 Å². The summed E-state index contributed by atoms with van der Waals surface area (Å²) in [6.07, 6.45) is 0.962. The quantitative estimate of drug-likeness (QED) is 0.734. The van der Waals surface area contributed by atoms with E-state index < -0.39 is 0 Å². The Hall–Kier alpha value is -1.22. The van der Waals surface area contributed by atoms with Crippen molar-refractivity contribution in [2.24, 2.45) is 0 Å². The normalized spacial score (nSPS) is 13.6. The zero-order valence-corrected chi connectivity index (χ0v) is 8.50. The number of hydrogen-bond acceptors (Lipinski definition) is 3. The standard InChI is InChI=1S/C11H14O3/c1-12-7-8-5-9-3-4-14-11(9)10(6-8)13-2/h5-6H,3-4,7H2,1-2H3. The Kier molecular flexibility index (Phi) is 2.59. The Labute approximate surface area is 83.6 Å². The predicted octanol–water partition coefficient (Wildman–Crippen LogP) is 1.78. The summed E-state index contributed by atoms with van der Waals surface area (Å²) < 4.78 is 15.8. The van der Waals surface area contributed by atoms with Gasteiger partial charge in [-0.25, -0.2) is 0 Å². The van der Waals surface area contributed by atoms with Gasteiger partial charge in [0.05, 0.1) is 20.3 Å². The van der Waals surface area contributed by atoms with Crippen LogP contribution in [0.25, 0.3) is 0 Å². The first-order valence-corrected chi connectivity index (χ1v) is 4.66. The molecule has 0 bridgehead atoms. The van der Waals surface area contributed by atoms with E-state index in [-0.39, 0.29) is 0 Å². The minimum atomic E-state index is 0.615. The molecule has 0 radical (unpaired) electrons. The van der Waals surface area contributed by atoms with Crippen molar-refractivity contribution in [3.8, 4) is 11.5 Å². The van der Waals surface area contributed by atoms with Crippen molar-refractivity contribution >= 4 is 0 Å². The highest BCUT2D eigenvalue weighted by Crippen LogP contribution is 2.36. The molecule has 1 heterocycles. The van der Waals surface area contributed by atoms with Crippen molar-refractivity contribution in [3.63, 3.8) is 0 Å². The molecule has 0 amide bonds. The lowest BCUT2D eigenvalue weighted by Crippen LogP contribution is -1.93. The molecule has 1 aliphatic rings. The zero-order chi connectivity index (χ0) is 9.97. The molecule has 0 atom stereocenters. The fourth-order valence-corrected chi connectivity index (χ4v) is 1.74. The summed E-state index contributed by atoms with van der Waals surface area (Å²) in [6.45, 7) is 1.37. The van der Waals surface area contributed by atoms with E-state index in [0.29, 0.717) is 6.61 Å². The van der Waals surface area contributed by atoms with Gasteiger partial charge in [0.1, 0.15) is 0 Å². The van der Waals surface area contributed by atoms with Gasteiger partial charge in [-0.05, 0) is 17.7 Å². The van der Waals surface area contributed by atoms with Crippen LogP contribution >= 0.6 is 0 Å². The second kappa shape index (κ2) is 3.88. The molecule has 3 heteroatoms. The molecule has 14 heavy (non-hydrogen) atoms. The molecule has 0 N–H and O–H groups in total. The van der Waals surface area contributed by atoms with Crippen molar-refractivity contribution in [2.75, 3.05) is 20.8 Å². The van der Waals surface area contributed by atoms with E-state index in [9.17, 15) is 0 Å². The van der Waals surface area contributed by atoms with E-state index in [1.54, 1.807) is 14.2 Å². The van der Waals surface area contributed by atoms with Gasteiger partial charge in [-0.2, -0.15) is 0 Å². The van der Waals surface area contributed by atoms with Crippen LogP contribution in [-0.2, 0) is 17.8 Å². The highest BCUT2D eigenvalue weighted by molar-refractivity contribution is 5.51. The Morgan fingerprint density at radius 3 is 2.93 bits per heavy atom. The molecule has 76 valence electrons. The molecular weight excluding hydrogens is 180 g/mol. The van der Waals surface area contributed by atoms with E-state index in [0.717, 1.165) is 30.1 Å². The number of methoxy groups -OCH3 is 2. The van der Waals surface area contributed by atoms with E-state index in [1.165, 1.54) is 5.56 Å². The van der Waals surface area contributed by atoms with Crippen molar-refractivity contribution in [1.82, 2.24) is 0 Å². The van der Waals surface area contributed by atoms with Crippen molar-refractivity contribution < 1.29 is 14.2 Å². The molecule has 0 saturated heterocycles. The fourth-order valence-electron chi connectivity index (χ4n) is 1.74. The second-order valence-electron chi connectivity index (χ2n) is 3.32. The van der Waals surface area contributed by atoms with Crippen LogP contribution in [0, 0.1) is 0 Å². The minimum Gasteiger partial charge on any atom is -0.493 e. The van der Waals surface area contributed by atoms with Gasteiger partial charge in [0.25, 0.3) is 0 Å². The Bertz CT molecular complexity index is 334. The third-order valence-electron chi connectivity index (χ3n) is 2.34. The summed E-state index contributed by atoms with van der Waals surface area (Å²) in [7, 11) is 3.35. The van der Waals surface area contributed by atoms with Gasteiger partial charge in [-0.15, -0.1) is 0 Å². The monoisotopic (exact) mass is 194 g/mol. The molecule has 0 aromatic heterocycles. The van der Waals surface area contributed by atoms with Crippen molar-refractivity contribution in [3.05, 3.63) is 23.3 Å². The van der Waals surface area contributed by atoms with Crippen LogP contribution in [0.4, 0.5) is 0 Å². The lowest BCUT2D eigenvalue weighted by atomic mass is 10.1. The molecule has 1 aromatic rings. The summed E-state index contributed by atoms with van der Waals surface area (Å²) in [5.74, 6) is 1.71. The number of rotatable bonds is 3. The summed E-state index contributed by atoms with van der Waals surface area (Å²) >= 11 is 0. The van der Waals surface area contributed by atoms with Gasteiger partial charge in [0.2, 0.25) is 0 Å². The maximum atomic E-state index is 5.49. The highest BCUT2D eigenvalue weighted by atomic mass is 16.5. The van der Waals surface area contributed by atoms with Gasteiger partial charge >= 0.3 is 0 Å². The number of benzene rings is 1. The molecule has 0 saturated carbocycles. The van der Waals surface area contributed by atoms with E-state index in [2.05, 4.69) is 6.07 Å². The third-order valence-corrected chi connectivity index (χ3v) is 2.34. The maximum absolute atomic E-state index is 5.49. The van der Waals surface area contributed by atoms with Gasteiger partial charge in [0, 0.05) is 19.1 Å². The van der Waals surface area contributed by atoms with E-state index >= 15 is 0 Å². The molecule has 0 fully saturated rings.